The van der Waals surface area contributed by atoms with Gasteiger partial charge in [-0.1, -0.05) is 48.5 Å². The molecule has 2 atom stereocenters. The Kier molecular flexibility index (Phi) is 5.76. The SMILES string of the molecule is O=C(NCC1CC(C(=O)N2CC(C(=O)O)C2)CO1)OCC1c2ccccc2-c2ccccc21. The third-order valence-electron chi connectivity index (χ3n) is 6.79. The van der Waals surface area contributed by atoms with Crippen LogP contribution in [0.25, 0.3) is 11.1 Å². The van der Waals surface area contributed by atoms with E-state index in [1.165, 1.54) is 11.1 Å². The molecule has 2 amide bonds. The molecule has 0 aromatic heterocycles. The summed E-state index contributed by atoms with van der Waals surface area (Å²) in [7, 11) is 0. The highest BCUT2D eigenvalue weighted by Crippen LogP contribution is 2.44. The summed E-state index contributed by atoms with van der Waals surface area (Å²) in [5, 5.41) is 11.7. The van der Waals surface area contributed by atoms with Crippen LogP contribution in [0.3, 0.4) is 0 Å². The zero-order valence-electron chi connectivity index (χ0n) is 18.1. The predicted molar refractivity (Wildman–Crippen MR) is 119 cm³/mol. The van der Waals surface area contributed by atoms with Gasteiger partial charge in [0.15, 0.2) is 0 Å². The summed E-state index contributed by atoms with van der Waals surface area (Å²) in [5.41, 5.74) is 4.66. The van der Waals surface area contributed by atoms with Gasteiger partial charge in [-0.05, 0) is 28.7 Å². The van der Waals surface area contributed by atoms with E-state index in [9.17, 15) is 14.4 Å². The first-order valence-electron chi connectivity index (χ1n) is 11.2. The van der Waals surface area contributed by atoms with Crippen LogP contribution >= 0.6 is 0 Å². The second-order valence-corrected chi connectivity index (χ2v) is 8.87. The number of aliphatic carboxylic acids is 1. The molecular weight excluding hydrogens is 424 g/mol. The van der Waals surface area contributed by atoms with E-state index in [2.05, 4.69) is 29.6 Å². The third-order valence-corrected chi connectivity index (χ3v) is 6.79. The molecule has 2 fully saturated rings. The van der Waals surface area contributed by atoms with Crippen molar-refractivity contribution < 1.29 is 29.0 Å². The number of carbonyl (C=O) groups excluding carboxylic acids is 2. The summed E-state index contributed by atoms with van der Waals surface area (Å²) in [5.74, 6) is -1.71. The highest BCUT2D eigenvalue weighted by Gasteiger charge is 2.41. The summed E-state index contributed by atoms with van der Waals surface area (Å²) < 4.78 is 11.2. The summed E-state index contributed by atoms with van der Waals surface area (Å²) in [6.45, 7) is 1.30. The molecule has 2 aromatic carbocycles. The zero-order valence-corrected chi connectivity index (χ0v) is 18.1. The first-order valence-corrected chi connectivity index (χ1v) is 11.2. The monoisotopic (exact) mass is 450 g/mol. The van der Waals surface area contributed by atoms with Crippen molar-refractivity contribution in [2.24, 2.45) is 11.8 Å². The molecule has 3 aliphatic rings. The van der Waals surface area contributed by atoms with Crippen LogP contribution in [-0.4, -0.2) is 66.9 Å². The number of carbonyl (C=O) groups is 3. The standard InChI is InChI=1S/C25H26N2O6/c28-23(27-11-16(12-27)24(29)30)15-9-17(32-13-15)10-26-25(31)33-14-22-20-7-3-1-5-18(20)19-6-2-4-8-21(19)22/h1-8,15-17,22H,9-14H2,(H,26,31)(H,29,30). The number of benzene rings is 2. The number of nitrogens with one attached hydrogen (secondary N) is 1. The van der Waals surface area contributed by atoms with Gasteiger partial charge in [-0.3, -0.25) is 9.59 Å². The Balaban J connectivity index is 1.09. The van der Waals surface area contributed by atoms with Crippen LogP contribution in [0.4, 0.5) is 4.79 Å². The van der Waals surface area contributed by atoms with Gasteiger partial charge < -0.3 is 24.8 Å². The number of hydrogen-bond donors (Lipinski definition) is 2. The van der Waals surface area contributed by atoms with Crippen LogP contribution in [0.5, 0.6) is 0 Å². The molecule has 33 heavy (non-hydrogen) atoms. The third kappa shape index (κ3) is 4.18. The Morgan fingerprint density at radius 3 is 2.27 bits per heavy atom. The van der Waals surface area contributed by atoms with E-state index < -0.39 is 18.0 Å². The summed E-state index contributed by atoms with van der Waals surface area (Å²) in [4.78, 5) is 37.3. The molecule has 172 valence electrons. The Bertz CT molecular complexity index is 1030. The van der Waals surface area contributed by atoms with Crippen molar-refractivity contribution in [1.29, 1.82) is 0 Å². The largest absolute Gasteiger partial charge is 0.481 e. The molecule has 2 aromatic rings. The van der Waals surface area contributed by atoms with Crippen molar-refractivity contribution in [1.82, 2.24) is 10.2 Å². The average molecular weight is 450 g/mol. The van der Waals surface area contributed by atoms with Gasteiger partial charge in [0.05, 0.1) is 24.5 Å². The fourth-order valence-electron chi connectivity index (χ4n) is 4.94. The van der Waals surface area contributed by atoms with Gasteiger partial charge in [-0.2, -0.15) is 0 Å². The number of alkyl carbamates (subject to hydrolysis) is 1. The van der Waals surface area contributed by atoms with Crippen molar-refractivity contribution in [3.63, 3.8) is 0 Å². The lowest BCUT2D eigenvalue weighted by atomic mass is 9.96. The summed E-state index contributed by atoms with van der Waals surface area (Å²) in [6.07, 6.45) is -0.283. The molecule has 2 heterocycles. The number of rotatable bonds is 6. The zero-order chi connectivity index (χ0) is 22.9. The summed E-state index contributed by atoms with van der Waals surface area (Å²) >= 11 is 0. The molecule has 2 N–H and O–H groups in total. The van der Waals surface area contributed by atoms with Gasteiger partial charge in [0.25, 0.3) is 0 Å². The quantitative estimate of drug-likeness (QED) is 0.701. The Hall–Kier alpha value is -3.39. The van der Waals surface area contributed by atoms with E-state index in [1.54, 1.807) is 4.90 Å². The maximum absolute atomic E-state index is 12.5. The Morgan fingerprint density at radius 1 is 1.00 bits per heavy atom. The first kappa shape index (κ1) is 21.5. The predicted octanol–water partition coefficient (Wildman–Crippen LogP) is 2.47. The first-order chi connectivity index (χ1) is 16.0. The van der Waals surface area contributed by atoms with E-state index in [0.29, 0.717) is 6.42 Å². The number of fused-ring (bicyclic) bond motifs is 3. The maximum Gasteiger partial charge on any atom is 0.407 e. The van der Waals surface area contributed by atoms with E-state index in [0.717, 1.165) is 11.1 Å². The molecule has 0 spiro atoms. The fraction of sp³-hybridized carbons (Fsp3) is 0.400. The van der Waals surface area contributed by atoms with Crippen LogP contribution < -0.4 is 5.32 Å². The molecule has 1 aliphatic carbocycles. The van der Waals surface area contributed by atoms with Crippen molar-refractivity contribution in [3.05, 3.63) is 59.7 Å². The molecule has 5 rings (SSSR count). The normalized spacial score (nSPS) is 21.8. The lowest BCUT2D eigenvalue weighted by Gasteiger charge is -2.38. The van der Waals surface area contributed by atoms with Crippen molar-refractivity contribution in [3.8, 4) is 11.1 Å². The van der Waals surface area contributed by atoms with Gasteiger partial charge in [-0.15, -0.1) is 0 Å². The van der Waals surface area contributed by atoms with Gasteiger partial charge in [0.2, 0.25) is 5.91 Å². The van der Waals surface area contributed by atoms with Crippen LogP contribution in [0, 0.1) is 11.8 Å². The highest BCUT2D eigenvalue weighted by atomic mass is 16.5. The molecule has 0 saturated carbocycles. The Morgan fingerprint density at radius 2 is 1.64 bits per heavy atom. The van der Waals surface area contributed by atoms with Crippen molar-refractivity contribution >= 4 is 18.0 Å². The lowest BCUT2D eigenvalue weighted by molar-refractivity contribution is -0.154. The summed E-state index contributed by atoms with van der Waals surface area (Å²) in [6, 6.07) is 16.3. The maximum atomic E-state index is 12.5. The lowest BCUT2D eigenvalue weighted by Crippen LogP contribution is -2.54. The molecule has 0 radical (unpaired) electrons. The highest BCUT2D eigenvalue weighted by molar-refractivity contribution is 5.83. The van der Waals surface area contributed by atoms with Gasteiger partial charge in [0.1, 0.15) is 6.61 Å². The molecular formula is C25H26N2O6. The Labute approximate surface area is 191 Å². The minimum Gasteiger partial charge on any atom is -0.481 e. The molecule has 2 saturated heterocycles. The van der Waals surface area contributed by atoms with Gasteiger partial charge in [0, 0.05) is 25.6 Å². The second kappa shape index (κ2) is 8.86. The number of likely N-dealkylation sites (tertiary alicyclic amines) is 1. The van der Waals surface area contributed by atoms with Crippen LogP contribution in [0.2, 0.25) is 0 Å². The van der Waals surface area contributed by atoms with E-state index in [4.69, 9.17) is 14.6 Å². The van der Waals surface area contributed by atoms with Gasteiger partial charge >= 0.3 is 12.1 Å². The molecule has 2 aliphatic heterocycles. The van der Waals surface area contributed by atoms with E-state index >= 15 is 0 Å². The molecule has 8 heteroatoms. The second-order valence-electron chi connectivity index (χ2n) is 8.87. The smallest absolute Gasteiger partial charge is 0.407 e. The topological polar surface area (TPSA) is 105 Å². The number of nitrogens with zero attached hydrogens (tertiary/aromatic N) is 1. The number of amides is 2. The van der Waals surface area contributed by atoms with E-state index in [1.807, 2.05) is 24.3 Å². The number of hydrogen-bond acceptors (Lipinski definition) is 5. The molecule has 2 unspecified atom stereocenters. The fourth-order valence-corrected chi connectivity index (χ4v) is 4.94. The average Bonchev–Trinajstić information content (AvgIpc) is 3.38. The molecule has 0 bridgehead atoms. The van der Waals surface area contributed by atoms with Crippen molar-refractivity contribution in [2.75, 3.05) is 32.8 Å². The number of carboxylic acid groups (broad SMARTS) is 1. The minimum absolute atomic E-state index is 0.000892. The number of ether oxygens (including phenoxy) is 2. The van der Waals surface area contributed by atoms with Crippen LogP contribution in [-0.2, 0) is 19.1 Å². The van der Waals surface area contributed by atoms with Crippen LogP contribution in [0.1, 0.15) is 23.5 Å². The minimum atomic E-state index is -0.869. The van der Waals surface area contributed by atoms with Crippen LogP contribution in [0.15, 0.2) is 48.5 Å². The van der Waals surface area contributed by atoms with Crippen molar-refractivity contribution in [2.45, 2.75) is 18.4 Å². The van der Waals surface area contributed by atoms with Gasteiger partial charge in [-0.25, -0.2) is 4.79 Å². The number of carboxylic acids is 1. The molecule has 8 nitrogen and oxygen atoms in total. The van der Waals surface area contributed by atoms with E-state index in [-0.39, 0.29) is 56.7 Å².